The quantitative estimate of drug-likeness (QED) is 0.854. The summed E-state index contributed by atoms with van der Waals surface area (Å²) in [5, 5.41) is 12.7. The van der Waals surface area contributed by atoms with Gasteiger partial charge in [-0.05, 0) is 37.9 Å². The molecule has 140 valence electrons. The Hall–Kier alpha value is -2.12. The van der Waals surface area contributed by atoms with Crippen LogP contribution in [0.15, 0.2) is 23.1 Å². The molecular formula is C18H21ClFN3O3. The highest BCUT2D eigenvalue weighted by atomic mass is 35.5. The van der Waals surface area contributed by atoms with Gasteiger partial charge in [-0.15, -0.1) is 12.4 Å². The molecule has 0 bridgehead atoms. The molecule has 6 nitrogen and oxygen atoms in total. The van der Waals surface area contributed by atoms with Crippen molar-refractivity contribution in [3.05, 3.63) is 39.9 Å². The number of pyridine rings is 1. The third-order valence-corrected chi connectivity index (χ3v) is 4.95. The Balaban J connectivity index is 0.00000196. The van der Waals surface area contributed by atoms with E-state index < -0.39 is 17.2 Å². The lowest BCUT2D eigenvalue weighted by atomic mass is 10.1. The van der Waals surface area contributed by atoms with Crippen LogP contribution in [0.5, 0.6) is 0 Å². The van der Waals surface area contributed by atoms with Gasteiger partial charge in [-0.1, -0.05) is 0 Å². The molecule has 1 aliphatic carbocycles. The van der Waals surface area contributed by atoms with Crippen molar-refractivity contribution in [3.63, 3.8) is 0 Å². The summed E-state index contributed by atoms with van der Waals surface area (Å²) >= 11 is 0. The number of carboxylic acid groups (broad SMARTS) is 1. The van der Waals surface area contributed by atoms with Crippen LogP contribution in [-0.4, -0.2) is 41.8 Å². The van der Waals surface area contributed by atoms with E-state index in [1.54, 1.807) is 6.07 Å². The van der Waals surface area contributed by atoms with Crippen LogP contribution in [-0.2, 0) is 0 Å². The minimum Gasteiger partial charge on any atom is -0.477 e. The molecular weight excluding hydrogens is 361 g/mol. The zero-order valence-corrected chi connectivity index (χ0v) is 15.0. The first-order valence-corrected chi connectivity index (χ1v) is 8.63. The second-order valence-electron chi connectivity index (χ2n) is 6.73. The lowest BCUT2D eigenvalue weighted by molar-refractivity contribution is 0.0695. The van der Waals surface area contributed by atoms with E-state index in [-0.39, 0.29) is 29.4 Å². The molecule has 8 heteroatoms. The first kappa shape index (κ1) is 18.7. The summed E-state index contributed by atoms with van der Waals surface area (Å²) in [6.45, 7) is 3.13. The summed E-state index contributed by atoms with van der Waals surface area (Å²) in [6, 6.07) is 3.10. The number of rotatable bonds is 3. The number of halogens is 2. The van der Waals surface area contributed by atoms with Gasteiger partial charge < -0.3 is 19.9 Å². The molecule has 2 heterocycles. The van der Waals surface area contributed by atoms with Crippen LogP contribution in [0.2, 0.25) is 0 Å². The number of aromatic nitrogens is 1. The summed E-state index contributed by atoms with van der Waals surface area (Å²) in [7, 11) is 0. The predicted molar refractivity (Wildman–Crippen MR) is 100 cm³/mol. The van der Waals surface area contributed by atoms with E-state index in [4.69, 9.17) is 0 Å². The van der Waals surface area contributed by atoms with Gasteiger partial charge in [-0.3, -0.25) is 4.79 Å². The lowest BCUT2D eigenvalue weighted by Crippen LogP contribution is -2.29. The van der Waals surface area contributed by atoms with Gasteiger partial charge in [0.1, 0.15) is 11.4 Å². The molecule has 0 spiro atoms. The van der Waals surface area contributed by atoms with Crippen molar-refractivity contribution in [2.45, 2.75) is 25.3 Å². The summed E-state index contributed by atoms with van der Waals surface area (Å²) in [5.74, 6) is -1.75. The van der Waals surface area contributed by atoms with Crippen molar-refractivity contribution in [3.8, 4) is 0 Å². The minimum absolute atomic E-state index is 0. The van der Waals surface area contributed by atoms with Gasteiger partial charge in [-0.25, -0.2) is 9.18 Å². The summed E-state index contributed by atoms with van der Waals surface area (Å²) in [4.78, 5) is 25.8. The highest BCUT2D eigenvalue weighted by Gasteiger charge is 2.28. The van der Waals surface area contributed by atoms with Crippen molar-refractivity contribution in [1.82, 2.24) is 9.88 Å². The van der Waals surface area contributed by atoms with Crippen molar-refractivity contribution in [2.24, 2.45) is 0 Å². The molecule has 2 N–H and O–H groups in total. The number of carboxylic acids is 1. The third-order valence-electron chi connectivity index (χ3n) is 4.95. The predicted octanol–water partition coefficient (Wildman–Crippen LogP) is 2.40. The number of benzene rings is 1. The number of aromatic carboxylic acids is 1. The van der Waals surface area contributed by atoms with E-state index in [0.717, 1.165) is 38.9 Å². The fourth-order valence-corrected chi connectivity index (χ4v) is 3.49. The molecule has 1 aliphatic heterocycles. The number of hydrogen-bond acceptors (Lipinski definition) is 4. The molecule has 1 aromatic heterocycles. The maximum Gasteiger partial charge on any atom is 0.341 e. The molecule has 1 saturated heterocycles. The van der Waals surface area contributed by atoms with Gasteiger partial charge in [0.05, 0.1) is 11.2 Å². The fourth-order valence-electron chi connectivity index (χ4n) is 3.49. The van der Waals surface area contributed by atoms with Crippen LogP contribution in [0, 0.1) is 5.82 Å². The molecule has 2 aromatic rings. The second kappa shape index (κ2) is 7.25. The molecule has 0 radical (unpaired) electrons. The Morgan fingerprint density at radius 2 is 2.00 bits per heavy atom. The number of carbonyl (C=O) groups is 1. The van der Waals surface area contributed by atoms with Crippen LogP contribution in [0.4, 0.5) is 10.1 Å². The van der Waals surface area contributed by atoms with Crippen LogP contribution < -0.4 is 15.6 Å². The standard InChI is InChI=1S/C18H20FN3O3.ClH/c19-14-8-12-15(9-16(14)21-6-1-4-20-5-7-21)22(11-2-3-11)10-13(17(12)23)18(24)25;/h8-11,20H,1-7H2,(H,24,25);1H. The smallest absolute Gasteiger partial charge is 0.341 e. The molecule has 2 aliphatic rings. The van der Waals surface area contributed by atoms with Gasteiger partial charge >= 0.3 is 5.97 Å². The Morgan fingerprint density at radius 1 is 1.23 bits per heavy atom. The molecule has 0 unspecified atom stereocenters. The number of nitrogens with one attached hydrogen (secondary N) is 1. The molecule has 2 fully saturated rings. The van der Waals surface area contributed by atoms with Crippen LogP contribution in [0.25, 0.3) is 10.9 Å². The summed E-state index contributed by atoms with van der Waals surface area (Å²) < 4.78 is 16.6. The Morgan fingerprint density at radius 3 is 2.69 bits per heavy atom. The van der Waals surface area contributed by atoms with Gasteiger partial charge in [0.15, 0.2) is 0 Å². The average molecular weight is 382 g/mol. The van der Waals surface area contributed by atoms with E-state index in [2.05, 4.69) is 5.32 Å². The van der Waals surface area contributed by atoms with Gasteiger partial charge in [0.25, 0.3) is 0 Å². The second-order valence-corrected chi connectivity index (χ2v) is 6.73. The van der Waals surface area contributed by atoms with Gasteiger partial charge in [-0.2, -0.15) is 0 Å². The number of nitrogens with zero attached hydrogens (tertiary/aromatic N) is 2. The first-order valence-electron chi connectivity index (χ1n) is 8.63. The number of fused-ring (bicyclic) bond motifs is 1. The largest absolute Gasteiger partial charge is 0.477 e. The van der Waals surface area contributed by atoms with Crippen molar-refractivity contribution in [1.29, 1.82) is 0 Å². The highest BCUT2D eigenvalue weighted by Crippen LogP contribution is 2.38. The minimum atomic E-state index is -1.27. The molecule has 26 heavy (non-hydrogen) atoms. The molecule has 4 rings (SSSR count). The maximum atomic E-state index is 14.7. The fraction of sp³-hybridized carbons (Fsp3) is 0.444. The average Bonchev–Trinajstić information content (AvgIpc) is 3.42. The Bertz CT molecular complexity index is 903. The van der Waals surface area contributed by atoms with E-state index >= 15 is 0 Å². The van der Waals surface area contributed by atoms with Gasteiger partial charge in [0.2, 0.25) is 5.43 Å². The van der Waals surface area contributed by atoms with E-state index in [1.165, 1.54) is 12.3 Å². The van der Waals surface area contributed by atoms with E-state index in [0.29, 0.717) is 17.7 Å². The summed E-state index contributed by atoms with van der Waals surface area (Å²) in [5.41, 5.74) is 0.173. The Kier molecular flexibility index (Phi) is 5.20. The normalized spacial score (nSPS) is 17.7. The number of hydrogen-bond donors (Lipinski definition) is 2. The van der Waals surface area contributed by atoms with E-state index in [1.807, 2.05) is 9.47 Å². The SMILES string of the molecule is Cl.O=C(O)c1cn(C2CC2)c2cc(N3CCCNCC3)c(F)cc2c1=O. The van der Waals surface area contributed by atoms with Crippen LogP contribution >= 0.6 is 12.4 Å². The maximum absolute atomic E-state index is 14.7. The van der Waals surface area contributed by atoms with Gasteiger partial charge in [0, 0.05) is 37.3 Å². The van der Waals surface area contributed by atoms with Crippen LogP contribution in [0.3, 0.4) is 0 Å². The van der Waals surface area contributed by atoms with Crippen molar-refractivity contribution >= 4 is 35.0 Å². The third kappa shape index (κ3) is 3.29. The first-order chi connectivity index (χ1) is 12.1. The molecule has 0 atom stereocenters. The highest BCUT2D eigenvalue weighted by molar-refractivity contribution is 5.93. The zero-order chi connectivity index (χ0) is 17.6. The molecule has 0 amide bonds. The molecule has 1 aromatic carbocycles. The zero-order valence-electron chi connectivity index (χ0n) is 14.2. The van der Waals surface area contributed by atoms with E-state index in [9.17, 15) is 19.1 Å². The molecule has 1 saturated carbocycles. The van der Waals surface area contributed by atoms with Crippen molar-refractivity contribution in [2.75, 3.05) is 31.1 Å². The van der Waals surface area contributed by atoms with Crippen molar-refractivity contribution < 1.29 is 14.3 Å². The monoisotopic (exact) mass is 381 g/mol. The number of anilines is 1. The lowest BCUT2D eigenvalue weighted by Gasteiger charge is -2.24. The van der Waals surface area contributed by atoms with Crippen LogP contribution in [0.1, 0.15) is 35.7 Å². The topological polar surface area (TPSA) is 74.6 Å². The Labute approximate surface area is 156 Å². The summed E-state index contributed by atoms with van der Waals surface area (Å²) in [6.07, 6.45) is 4.22.